The van der Waals surface area contributed by atoms with E-state index in [1.54, 1.807) is 31.2 Å². The van der Waals surface area contributed by atoms with Gasteiger partial charge >= 0.3 is 0 Å². The Morgan fingerprint density at radius 1 is 1.25 bits per heavy atom. The summed E-state index contributed by atoms with van der Waals surface area (Å²) in [5.41, 5.74) is 0.755. The van der Waals surface area contributed by atoms with E-state index in [1.165, 1.54) is 12.1 Å². The maximum Gasteiger partial charge on any atom is 0.254 e. The average Bonchev–Trinajstić information content (AvgIpc) is 2.39. The predicted octanol–water partition coefficient (Wildman–Crippen LogP) is 3.68. The molecule has 104 valence electrons. The van der Waals surface area contributed by atoms with Crippen molar-refractivity contribution in [2.45, 2.75) is 13.0 Å². The fraction of sp³-hybridized carbons (Fsp3) is 0.133. The molecule has 1 unspecified atom stereocenters. The number of phenolic OH excluding ortho intramolecular Hbond substituents is 1. The van der Waals surface area contributed by atoms with Crippen LogP contribution in [0.15, 0.2) is 42.5 Å². The van der Waals surface area contributed by atoms with Gasteiger partial charge in [-0.15, -0.1) is 0 Å². The van der Waals surface area contributed by atoms with Gasteiger partial charge < -0.3 is 10.4 Å². The monoisotopic (exact) mass is 293 g/mol. The molecule has 20 heavy (non-hydrogen) atoms. The standard InChI is InChI=1S/C15H13ClFNO2/c1-9(10-2-4-11(16)5-3-10)18-15(20)13-7-6-12(19)8-14(13)17/h2-9,19H,1H3,(H,18,20). The van der Waals surface area contributed by atoms with Gasteiger partial charge in [-0.1, -0.05) is 23.7 Å². The molecule has 1 amide bonds. The van der Waals surface area contributed by atoms with Crippen LogP contribution in [0.4, 0.5) is 4.39 Å². The fourth-order valence-corrected chi connectivity index (χ4v) is 1.92. The summed E-state index contributed by atoms with van der Waals surface area (Å²) < 4.78 is 13.6. The molecule has 0 aliphatic heterocycles. The molecule has 2 rings (SSSR count). The summed E-state index contributed by atoms with van der Waals surface area (Å²) in [6, 6.07) is 10.2. The SMILES string of the molecule is CC(NC(=O)c1ccc(O)cc1F)c1ccc(Cl)cc1. The largest absolute Gasteiger partial charge is 0.508 e. The van der Waals surface area contributed by atoms with Crippen LogP contribution in [0.2, 0.25) is 5.02 Å². The van der Waals surface area contributed by atoms with Crippen LogP contribution in [0, 0.1) is 5.82 Å². The van der Waals surface area contributed by atoms with Gasteiger partial charge in [0.15, 0.2) is 0 Å². The van der Waals surface area contributed by atoms with Crippen molar-refractivity contribution in [2.75, 3.05) is 0 Å². The van der Waals surface area contributed by atoms with Crippen molar-refractivity contribution in [3.63, 3.8) is 0 Å². The van der Waals surface area contributed by atoms with Gasteiger partial charge in [-0.2, -0.15) is 0 Å². The average molecular weight is 294 g/mol. The first-order chi connectivity index (χ1) is 9.47. The number of hydrogen-bond acceptors (Lipinski definition) is 2. The second-order valence-corrected chi connectivity index (χ2v) is 4.85. The molecule has 2 aromatic rings. The van der Waals surface area contributed by atoms with Crippen LogP contribution in [0.5, 0.6) is 5.75 Å². The van der Waals surface area contributed by atoms with Gasteiger partial charge in [-0.25, -0.2) is 4.39 Å². The Labute approximate surface area is 121 Å². The lowest BCUT2D eigenvalue weighted by atomic mass is 10.1. The maximum atomic E-state index is 13.6. The summed E-state index contributed by atoms with van der Waals surface area (Å²) in [5.74, 6) is -1.51. The van der Waals surface area contributed by atoms with Gasteiger partial charge in [0.1, 0.15) is 11.6 Å². The Morgan fingerprint density at radius 3 is 2.50 bits per heavy atom. The highest BCUT2D eigenvalue weighted by Gasteiger charge is 2.15. The van der Waals surface area contributed by atoms with E-state index in [1.807, 2.05) is 0 Å². The van der Waals surface area contributed by atoms with Crippen molar-refractivity contribution >= 4 is 17.5 Å². The highest BCUT2D eigenvalue weighted by molar-refractivity contribution is 6.30. The minimum Gasteiger partial charge on any atom is -0.508 e. The van der Waals surface area contributed by atoms with Crippen molar-refractivity contribution in [3.8, 4) is 5.75 Å². The summed E-state index contributed by atoms with van der Waals surface area (Å²) in [4.78, 5) is 12.0. The zero-order valence-electron chi connectivity index (χ0n) is 10.7. The number of carbonyl (C=O) groups is 1. The van der Waals surface area contributed by atoms with Gasteiger partial charge in [0.25, 0.3) is 5.91 Å². The molecule has 0 radical (unpaired) electrons. The molecule has 3 nitrogen and oxygen atoms in total. The number of phenols is 1. The molecule has 0 bridgehead atoms. The number of nitrogens with one attached hydrogen (secondary N) is 1. The minimum atomic E-state index is -0.759. The predicted molar refractivity (Wildman–Crippen MR) is 75.4 cm³/mol. The quantitative estimate of drug-likeness (QED) is 0.907. The van der Waals surface area contributed by atoms with Crippen molar-refractivity contribution < 1.29 is 14.3 Å². The van der Waals surface area contributed by atoms with Crippen LogP contribution in [-0.4, -0.2) is 11.0 Å². The maximum absolute atomic E-state index is 13.6. The molecule has 0 fully saturated rings. The van der Waals surface area contributed by atoms with E-state index >= 15 is 0 Å². The third-order valence-corrected chi connectivity index (χ3v) is 3.17. The second-order valence-electron chi connectivity index (χ2n) is 4.41. The molecule has 5 heteroatoms. The Kier molecular flexibility index (Phi) is 4.25. The van der Waals surface area contributed by atoms with Gasteiger partial charge in [0.05, 0.1) is 11.6 Å². The number of amides is 1. The number of carbonyl (C=O) groups excluding carboxylic acids is 1. The zero-order valence-corrected chi connectivity index (χ0v) is 11.5. The van der Waals surface area contributed by atoms with Gasteiger partial charge in [-0.05, 0) is 36.8 Å². The molecule has 0 spiro atoms. The van der Waals surface area contributed by atoms with E-state index in [0.717, 1.165) is 11.6 Å². The molecule has 0 saturated heterocycles. The Bertz CT molecular complexity index is 628. The van der Waals surface area contributed by atoms with Crippen molar-refractivity contribution in [2.24, 2.45) is 0 Å². The highest BCUT2D eigenvalue weighted by Crippen LogP contribution is 2.18. The summed E-state index contributed by atoms with van der Waals surface area (Å²) in [5, 5.41) is 12.4. The Morgan fingerprint density at radius 2 is 1.90 bits per heavy atom. The third-order valence-electron chi connectivity index (χ3n) is 2.91. The van der Waals surface area contributed by atoms with Crippen molar-refractivity contribution in [3.05, 3.63) is 64.4 Å². The smallest absolute Gasteiger partial charge is 0.254 e. The second kappa shape index (κ2) is 5.92. The number of benzene rings is 2. The summed E-state index contributed by atoms with van der Waals surface area (Å²) in [7, 11) is 0. The van der Waals surface area contributed by atoms with E-state index in [2.05, 4.69) is 5.32 Å². The Hall–Kier alpha value is -2.07. The van der Waals surface area contributed by atoms with Crippen molar-refractivity contribution in [1.82, 2.24) is 5.32 Å². The molecular weight excluding hydrogens is 281 g/mol. The first-order valence-corrected chi connectivity index (χ1v) is 6.40. The topological polar surface area (TPSA) is 49.3 Å². The van der Waals surface area contributed by atoms with Crippen LogP contribution in [0.25, 0.3) is 0 Å². The van der Waals surface area contributed by atoms with E-state index in [9.17, 15) is 9.18 Å². The zero-order chi connectivity index (χ0) is 14.7. The molecule has 1 atom stereocenters. The van der Waals surface area contributed by atoms with E-state index < -0.39 is 11.7 Å². The lowest BCUT2D eigenvalue weighted by molar-refractivity contribution is 0.0936. The highest BCUT2D eigenvalue weighted by atomic mass is 35.5. The molecule has 2 N–H and O–H groups in total. The molecule has 0 aliphatic carbocycles. The molecular formula is C15H13ClFNO2. The summed E-state index contributed by atoms with van der Waals surface area (Å²) >= 11 is 5.79. The number of rotatable bonds is 3. The van der Waals surface area contributed by atoms with Crippen LogP contribution in [0.3, 0.4) is 0 Å². The van der Waals surface area contributed by atoms with Crippen LogP contribution < -0.4 is 5.32 Å². The summed E-state index contributed by atoms with van der Waals surface area (Å²) in [6.07, 6.45) is 0. The van der Waals surface area contributed by atoms with Gasteiger partial charge in [0, 0.05) is 11.1 Å². The lowest BCUT2D eigenvalue weighted by Crippen LogP contribution is -2.27. The third kappa shape index (κ3) is 3.27. The van der Waals surface area contributed by atoms with E-state index in [0.29, 0.717) is 5.02 Å². The first kappa shape index (κ1) is 14.3. The van der Waals surface area contributed by atoms with Crippen LogP contribution >= 0.6 is 11.6 Å². The normalized spacial score (nSPS) is 11.9. The number of halogens is 2. The van der Waals surface area contributed by atoms with E-state index in [4.69, 9.17) is 16.7 Å². The molecule has 0 aromatic heterocycles. The van der Waals surface area contributed by atoms with Gasteiger partial charge in [0.2, 0.25) is 0 Å². The lowest BCUT2D eigenvalue weighted by Gasteiger charge is -2.14. The van der Waals surface area contributed by atoms with Crippen molar-refractivity contribution in [1.29, 1.82) is 0 Å². The number of aromatic hydroxyl groups is 1. The molecule has 0 saturated carbocycles. The van der Waals surface area contributed by atoms with E-state index in [-0.39, 0.29) is 17.4 Å². The number of hydrogen-bond donors (Lipinski definition) is 2. The first-order valence-electron chi connectivity index (χ1n) is 6.02. The van der Waals surface area contributed by atoms with Gasteiger partial charge in [-0.3, -0.25) is 4.79 Å². The Balaban J connectivity index is 2.13. The molecule has 0 heterocycles. The fourth-order valence-electron chi connectivity index (χ4n) is 1.80. The van der Waals surface area contributed by atoms with Crippen LogP contribution in [0.1, 0.15) is 28.9 Å². The van der Waals surface area contributed by atoms with Crippen LogP contribution in [-0.2, 0) is 0 Å². The molecule has 2 aromatic carbocycles. The molecule has 0 aliphatic rings. The minimum absolute atomic E-state index is 0.108. The summed E-state index contributed by atoms with van der Waals surface area (Å²) in [6.45, 7) is 1.79.